The molecule has 0 saturated carbocycles. The normalized spacial score (nSPS) is 28.9. The van der Waals surface area contributed by atoms with Crippen molar-refractivity contribution in [3.05, 3.63) is 12.2 Å². The highest BCUT2D eigenvalue weighted by molar-refractivity contribution is 6.07. The summed E-state index contributed by atoms with van der Waals surface area (Å²) < 4.78 is 0. The van der Waals surface area contributed by atoms with E-state index in [9.17, 15) is 14.4 Å². The van der Waals surface area contributed by atoms with Gasteiger partial charge in [0.2, 0.25) is 5.91 Å². The van der Waals surface area contributed by atoms with E-state index in [0.29, 0.717) is 13.0 Å². The van der Waals surface area contributed by atoms with Crippen LogP contribution in [0.25, 0.3) is 0 Å². The van der Waals surface area contributed by atoms with Crippen molar-refractivity contribution in [3.8, 4) is 0 Å². The molecule has 1 atom stereocenters. The number of carbonyl (C=O) groups excluding carboxylic acids is 3. The highest BCUT2D eigenvalue weighted by Crippen LogP contribution is 2.24. The molecule has 4 amide bonds. The van der Waals surface area contributed by atoms with Gasteiger partial charge in [0.05, 0.1) is 6.54 Å². The number of amides is 4. The SMILES string of the molecule is C/C=C/C(=O)N1CCC2(C1)NC(=O)NC2=O. The Morgan fingerprint density at radius 1 is 1.50 bits per heavy atom. The molecule has 2 heterocycles. The number of urea groups is 1. The second-order valence-electron chi connectivity index (χ2n) is 4.00. The molecular weight excluding hydrogens is 210 g/mol. The van der Waals surface area contributed by atoms with Gasteiger partial charge in [0.1, 0.15) is 5.54 Å². The van der Waals surface area contributed by atoms with Gasteiger partial charge in [-0.15, -0.1) is 0 Å². The molecule has 2 N–H and O–H groups in total. The van der Waals surface area contributed by atoms with Crippen molar-refractivity contribution in [1.29, 1.82) is 0 Å². The third-order valence-electron chi connectivity index (χ3n) is 2.90. The molecule has 2 rings (SSSR count). The third kappa shape index (κ3) is 1.56. The molecule has 0 bridgehead atoms. The maximum atomic E-state index is 11.6. The van der Waals surface area contributed by atoms with Crippen LogP contribution in [0.4, 0.5) is 4.79 Å². The molecule has 6 heteroatoms. The molecule has 2 saturated heterocycles. The molecule has 6 nitrogen and oxygen atoms in total. The van der Waals surface area contributed by atoms with Crippen LogP contribution in [0.1, 0.15) is 13.3 Å². The zero-order valence-corrected chi connectivity index (χ0v) is 8.95. The number of likely N-dealkylation sites (tertiary alicyclic amines) is 1. The standard InChI is InChI=1S/C10H13N3O3/c1-2-3-7(14)13-5-4-10(6-13)8(15)11-9(16)12-10/h2-3H,4-6H2,1H3,(H2,11,12,15,16)/b3-2+. The molecule has 0 aromatic rings. The molecular formula is C10H13N3O3. The highest BCUT2D eigenvalue weighted by atomic mass is 16.2. The Labute approximate surface area is 92.7 Å². The van der Waals surface area contributed by atoms with Crippen molar-refractivity contribution in [2.75, 3.05) is 13.1 Å². The van der Waals surface area contributed by atoms with E-state index in [1.54, 1.807) is 17.9 Å². The Morgan fingerprint density at radius 2 is 2.25 bits per heavy atom. The van der Waals surface area contributed by atoms with Gasteiger partial charge < -0.3 is 10.2 Å². The van der Waals surface area contributed by atoms with Gasteiger partial charge in [-0.3, -0.25) is 14.9 Å². The van der Waals surface area contributed by atoms with Crippen molar-refractivity contribution in [3.63, 3.8) is 0 Å². The first kappa shape index (κ1) is 10.7. The van der Waals surface area contributed by atoms with Crippen LogP contribution in [-0.4, -0.2) is 41.4 Å². The maximum absolute atomic E-state index is 11.6. The fraction of sp³-hybridized carbons (Fsp3) is 0.500. The van der Waals surface area contributed by atoms with Crippen LogP contribution < -0.4 is 10.6 Å². The van der Waals surface area contributed by atoms with Crippen LogP contribution in [-0.2, 0) is 9.59 Å². The fourth-order valence-electron chi connectivity index (χ4n) is 2.06. The van der Waals surface area contributed by atoms with Gasteiger partial charge in [0.15, 0.2) is 0 Å². The minimum atomic E-state index is -0.908. The van der Waals surface area contributed by atoms with Gasteiger partial charge in [-0.25, -0.2) is 4.79 Å². The van der Waals surface area contributed by atoms with Gasteiger partial charge in [0.25, 0.3) is 5.91 Å². The largest absolute Gasteiger partial charge is 0.336 e. The first-order valence-electron chi connectivity index (χ1n) is 5.12. The Bertz CT molecular complexity index is 391. The van der Waals surface area contributed by atoms with E-state index in [0.717, 1.165) is 0 Å². The Morgan fingerprint density at radius 3 is 2.81 bits per heavy atom. The molecule has 1 unspecified atom stereocenters. The second kappa shape index (κ2) is 3.62. The van der Waals surface area contributed by atoms with Gasteiger partial charge >= 0.3 is 6.03 Å². The number of nitrogens with zero attached hydrogens (tertiary/aromatic N) is 1. The molecule has 0 aliphatic carbocycles. The molecule has 1 spiro atoms. The predicted molar refractivity (Wildman–Crippen MR) is 55.4 cm³/mol. The molecule has 0 aromatic heterocycles. The lowest BCUT2D eigenvalue weighted by Crippen LogP contribution is -2.49. The Balaban J connectivity index is 2.10. The van der Waals surface area contributed by atoms with Crippen molar-refractivity contribution in [2.45, 2.75) is 18.9 Å². The lowest BCUT2D eigenvalue weighted by molar-refractivity contribution is -0.126. The quantitative estimate of drug-likeness (QED) is 0.459. The maximum Gasteiger partial charge on any atom is 0.322 e. The van der Waals surface area contributed by atoms with Gasteiger partial charge in [-0.1, -0.05) is 6.08 Å². The summed E-state index contributed by atoms with van der Waals surface area (Å²) in [6.07, 6.45) is 3.57. The number of carbonyl (C=O) groups is 3. The summed E-state index contributed by atoms with van der Waals surface area (Å²) in [5.41, 5.74) is -0.908. The number of nitrogens with one attached hydrogen (secondary N) is 2. The monoisotopic (exact) mass is 223 g/mol. The summed E-state index contributed by atoms with van der Waals surface area (Å²) in [5.74, 6) is -0.471. The van der Waals surface area contributed by atoms with Crippen LogP contribution in [0.2, 0.25) is 0 Å². The summed E-state index contributed by atoms with van der Waals surface area (Å²) in [6.45, 7) is 2.48. The average Bonchev–Trinajstić information content (AvgIpc) is 2.74. The van der Waals surface area contributed by atoms with Crippen LogP contribution in [0.15, 0.2) is 12.2 Å². The minimum absolute atomic E-state index is 0.131. The second-order valence-corrected chi connectivity index (χ2v) is 4.00. The number of imide groups is 1. The molecule has 2 fully saturated rings. The topological polar surface area (TPSA) is 78.5 Å². The summed E-state index contributed by atoms with van der Waals surface area (Å²) in [6, 6.07) is -0.481. The minimum Gasteiger partial charge on any atom is -0.336 e. The van der Waals surface area contributed by atoms with E-state index >= 15 is 0 Å². The van der Waals surface area contributed by atoms with Gasteiger partial charge in [0, 0.05) is 6.54 Å². The molecule has 0 aromatic carbocycles. The van der Waals surface area contributed by atoms with Crippen molar-refractivity contribution in [2.24, 2.45) is 0 Å². The molecule has 86 valence electrons. The van der Waals surface area contributed by atoms with E-state index in [4.69, 9.17) is 0 Å². The number of rotatable bonds is 1. The lowest BCUT2D eigenvalue weighted by atomic mass is 10.00. The van der Waals surface area contributed by atoms with Crippen molar-refractivity contribution < 1.29 is 14.4 Å². The number of hydrogen-bond acceptors (Lipinski definition) is 3. The number of allylic oxidation sites excluding steroid dienone is 1. The lowest BCUT2D eigenvalue weighted by Gasteiger charge is -2.20. The molecule has 2 aliphatic heterocycles. The van der Waals surface area contributed by atoms with Crippen molar-refractivity contribution >= 4 is 17.8 Å². The van der Waals surface area contributed by atoms with Crippen LogP contribution in [0.5, 0.6) is 0 Å². The van der Waals surface area contributed by atoms with Crippen molar-refractivity contribution in [1.82, 2.24) is 15.5 Å². The Kier molecular flexibility index (Phi) is 2.41. The van der Waals surface area contributed by atoms with Gasteiger partial charge in [-0.2, -0.15) is 0 Å². The first-order valence-corrected chi connectivity index (χ1v) is 5.12. The number of hydrogen-bond donors (Lipinski definition) is 2. The van der Waals surface area contributed by atoms with Gasteiger partial charge in [-0.05, 0) is 19.4 Å². The summed E-state index contributed by atoms with van der Waals surface area (Å²) in [5, 5.41) is 4.78. The van der Waals surface area contributed by atoms with E-state index in [1.165, 1.54) is 6.08 Å². The van der Waals surface area contributed by atoms with Crippen LogP contribution in [0, 0.1) is 0 Å². The Hall–Kier alpha value is -1.85. The molecule has 0 radical (unpaired) electrons. The van der Waals surface area contributed by atoms with Crippen LogP contribution in [0.3, 0.4) is 0 Å². The molecule has 16 heavy (non-hydrogen) atoms. The summed E-state index contributed by atoms with van der Waals surface area (Å²) in [7, 11) is 0. The fourth-order valence-corrected chi connectivity index (χ4v) is 2.06. The van der Waals surface area contributed by atoms with E-state index < -0.39 is 11.6 Å². The first-order chi connectivity index (χ1) is 7.57. The third-order valence-corrected chi connectivity index (χ3v) is 2.90. The summed E-state index contributed by atoms with van der Waals surface area (Å²) in [4.78, 5) is 35.8. The van der Waals surface area contributed by atoms with Crippen LogP contribution >= 0.6 is 0 Å². The smallest absolute Gasteiger partial charge is 0.322 e. The summed E-state index contributed by atoms with van der Waals surface area (Å²) >= 11 is 0. The zero-order valence-electron chi connectivity index (χ0n) is 8.95. The highest BCUT2D eigenvalue weighted by Gasteiger charge is 2.51. The van der Waals surface area contributed by atoms with E-state index in [1.807, 2.05) is 0 Å². The molecule has 2 aliphatic rings. The zero-order chi connectivity index (χ0) is 11.8. The van der Waals surface area contributed by atoms with E-state index in [2.05, 4.69) is 10.6 Å². The average molecular weight is 223 g/mol. The predicted octanol–water partition coefficient (Wildman–Crippen LogP) is -0.627. The van der Waals surface area contributed by atoms with E-state index in [-0.39, 0.29) is 18.4 Å².